The minimum atomic E-state index is -0.148. The van der Waals surface area contributed by atoms with Crippen LogP contribution in [0.15, 0.2) is 48.5 Å². The molecule has 0 unspecified atom stereocenters. The van der Waals surface area contributed by atoms with Crippen LogP contribution in [0.4, 0.5) is 4.39 Å². The van der Waals surface area contributed by atoms with Gasteiger partial charge in [0.1, 0.15) is 11.6 Å². The van der Waals surface area contributed by atoms with Crippen LogP contribution in [0, 0.1) is 5.82 Å². The van der Waals surface area contributed by atoms with Gasteiger partial charge in [0.15, 0.2) is 0 Å². The number of benzene rings is 2. The molecular formula is C21H27FN2O2. The molecule has 0 amide bonds. The van der Waals surface area contributed by atoms with Crippen LogP contribution >= 0.6 is 0 Å². The molecule has 2 aromatic rings. The Morgan fingerprint density at radius 3 is 2.73 bits per heavy atom. The number of aliphatic hydroxyl groups is 1. The zero-order chi connectivity index (χ0) is 18.4. The van der Waals surface area contributed by atoms with E-state index >= 15 is 0 Å². The third-order valence-corrected chi connectivity index (χ3v) is 5.02. The van der Waals surface area contributed by atoms with E-state index in [-0.39, 0.29) is 18.5 Å². The molecule has 5 heteroatoms. The average molecular weight is 358 g/mol. The van der Waals surface area contributed by atoms with Crippen molar-refractivity contribution in [1.82, 2.24) is 9.80 Å². The smallest absolute Gasteiger partial charge is 0.127 e. The summed E-state index contributed by atoms with van der Waals surface area (Å²) in [5.74, 6) is 0.712. The maximum absolute atomic E-state index is 13.9. The first kappa shape index (κ1) is 18.8. The summed E-state index contributed by atoms with van der Waals surface area (Å²) in [5, 5.41) is 9.48. The second-order valence-electron chi connectivity index (χ2n) is 6.81. The van der Waals surface area contributed by atoms with E-state index in [9.17, 15) is 9.50 Å². The first-order chi connectivity index (χ1) is 12.7. The molecule has 1 atom stereocenters. The van der Waals surface area contributed by atoms with Crippen LogP contribution in [-0.2, 0) is 13.1 Å². The van der Waals surface area contributed by atoms with Crippen LogP contribution < -0.4 is 4.74 Å². The van der Waals surface area contributed by atoms with Gasteiger partial charge < -0.3 is 9.84 Å². The predicted molar refractivity (Wildman–Crippen MR) is 101 cm³/mol. The van der Waals surface area contributed by atoms with Gasteiger partial charge >= 0.3 is 0 Å². The summed E-state index contributed by atoms with van der Waals surface area (Å²) in [6.07, 6.45) is 0.720. The number of piperazine rings is 1. The number of nitrogens with zero attached hydrogens (tertiary/aromatic N) is 2. The van der Waals surface area contributed by atoms with Gasteiger partial charge in [0.25, 0.3) is 0 Å². The van der Waals surface area contributed by atoms with E-state index < -0.39 is 0 Å². The highest BCUT2D eigenvalue weighted by Crippen LogP contribution is 2.21. The SMILES string of the molecule is COc1cccc(CN2CCN(Cc3ccccc3F)C[C@H]2CCO)c1. The van der Waals surface area contributed by atoms with Gasteiger partial charge in [-0.05, 0) is 30.2 Å². The molecule has 1 saturated heterocycles. The minimum Gasteiger partial charge on any atom is -0.497 e. The molecule has 1 aliphatic heterocycles. The summed E-state index contributed by atoms with van der Waals surface area (Å²) in [7, 11) is 1.68. The third-order valence-electron chi connectivity index (χ3n) is 5.02. The molecule has 0 saturated carbocycles. The maximum atomic E-state index is 13.9. The Labute approximate surface area is 154 Å². The van der Waals surface area contributed by atoms with Gasteiger partial charge in [0.2, 0.25) is 0 Å². The predicted octanol–water partition coefficient (Wildman–Crippen LogP) is 2.90. The number of hydrogen-bond acceptors (Lipinski definition) is 4. The Hall–Kier alpha value is -1.95. The van der Waals surface area contributed by atoms with E-state index in [0.29, 0.717) is 6.54 Å². The molecule has 4 nitrogen and oxygen atoms in total. The van der Waals surface area contributed by atoms with Gasteiger partial charge in [-0.3, -0.25) is 9.80 Å². The van der Waals surface area contributed by atoms with Crippen LogP contribution in [0.2, 0.25) is 0 Å². The molecule has 1 N–H and O–H groups in total. The lowest BCUT2D eigenvalue weighted by Gasteiger charge is -2.41. The van der Waals surface area contributed by atoms with Crippen molar-refractivity contribution < 1.29 is 14.2 Å². The molecule has 26 heavy (non-hydrogen) atoms. The van der Waals surface area contributed by atoms with E-state index in [1.807, 2.05) is 24.3 Å². The maximum Gasteiger partial charge on any atom is 0.127 e. The zero-order valence-corrected chi connectivity index (χ0v) is 15.3. The molecule has 140 valence electrons. The highest BCUT2D eigenvalue weighted by atomic mass is 19.1. The molecule has 1 fully saturated rings. The summed E-state index contributed by atoms with van der Waals surface area (Å²) >= 11 is 0. The van der Waals surface area contributed by atoms with Crippen LogP contribution in [0.25, 0.3) is 0 Å². The minimum absolute atomic E-state index is 0.148. The third kappa shape index (κ3) is 4.81. The lowest BCUT2D eigenvalue weighted by molar-refractivity contribution is 0.0494. The molecule has 0 radical (unpaired) electrons. The topological polar surface area (TPSA) is 35.9 Å². The first-order valence-electron chi connectivity index (χ1n) is 9.13. The molecular weight excluding hydrogens is 331 g/mol. The Balaban J connectivity index is 1.65. The van der Waals surface area contributed by atoms with E-state index in [1.165, 1.54) is 11.6 Å². The Bertz CT molecular complexity index is 710. The van der Waals surface area contributed by atoms with Crippen molar-refractivity contribution in [3.8, 4) is 5.75 Å². The largest absolute Gasteiger partial charge is 0.497 e. The molecule has 3 rings (SSSR count). The van der Waals surface area contributed by atoms with Crippen molar-refractivity contribution in [1.29, 1.82) is 0 Å². The highest BCUT2D eigenvalue weighted by Gasteiger charge is 2.27. The Kier molecular flexibility index (Phi) is 6.61. The summed E-state index contributed by atoms with van der Waals surface area (Å²) in [6.45, 7) is 4.22. The van der Waals surface area contributed by atoms with E-state index in [4.69, 9.17) is 4.74 Å². The van der Waals surface area contributed by atoms with Crippen molar-refractivity contribution in [3.63, 3.8) is 0 Å². The average Bonchev–Trinajstić information content (AvgIpc) is 2.66. The van der Waals surface area contributed by atoms with E-state index in [1.54, 1.807) is 13.2 Å². The fraction of sp³-hybridized carbons (Fsp3) is 0.429. The van der Waals surface area contributed by atoms with Crippen LogP contribution in [-0.4, -0.2) is 54.3 Å². The summed E-state index contributed by atoms with van der Waals surface area (Å²) in [6, 6.07) is 15.3. The second-order valence-corrected chi connectivity index (χ2v) is 6.81. The van der Waals surface area contributed by atoms with Gasteiger partial charge in [-0.2, -0.15) is 0 Å². The number of rotatable bonds is 7. The van der Waals surface area contributed by atoms with Crippen molar-refractivity contribution in [2.45, 2.75) is 25.6 Å². The molecule has 2 aromatic carbocycles. The zero-order valence-electron chi connectivity index (χ0n) is 15.3. The lowest BCUT2D eigenvalue weighted by Crippen LogP contribution is -2.52. The quantitative estimate of drug-likeness (QED) is 0.826. The van der Waals surface area contributed by atoms with Crippen LogP contribution in [0.1, 0.15) is 17.5 Å². The van der Waals surface area contributed by atoms with Gasteiger partial charge in [0, 0.05) is 50.9 Å². The van der Waals surface area contributed by atoms with Gasteiger partial charge in [-0.15, -0.1) is 0 Å². The number of methoxy groups -OCH3 is 1. The molecule has 1 heterocycles. The van der Waals surface area contributed by atoms with E-state index in [0.717, 1.165) is 43.9 Å². The lowest BCUT2D eigenvalue weighted by atomic mass is 10.1. The summed E-state index contributed by atoms with van der Waals surface area (Å²) in [5.41, 5.74) is 1.94. The van der Waals surface area contributed by atoms with Gasteiger partial charge in [-0.1, -0.05) is 30.3 Å². The molecule has 0 bridgehead atoms. The molecule has 0 spiro atoms. The summed E-state index contributed by atoms with van der Waals surface area (Å²) < 4.78 is 19.2. The Morgan fingerprint density at radius 2 is 1.96 bits per heavy atom. The van der Waals surface area contributed by atoms with Crippen molar-refractivity contribution in [2.75, 3.05) is 33.4 Å². The van der Waals surface area contributed by atoms with Crippen LogP contribution in [0.5, 0.6) is 5.75 Å². The van der Waals surface area contributed by atoms with Gasteiger partial charge in [-0.25, -0.2) is 4.39 Å². The van der Waals surface area contributed by atoms with E-state index in [2.05, 4.69) is 21.9 Å². The fourth-order valence-electron chi connectivity index (χ4n) is 3.60. The second kappa shape index (κ2) is 9.12. The first-order valence-corrected chi connectivity index (χ1v) is 9.13. The van der Waals surface area contributed by atoms with Crippen molar-refractivity contribution in [3.05, 3.63) is 65.5 Å². The fourth-order valence-corrected chi connectivity index (χ4v) is 3.60. The van der Waals surface area contributed by atoms with Crippen molar-refractivity contribution >= 4 is 0 Å². The van der Waals surface area contributed by atoms with Crippen molar-refractivity contribution in [2.24, 2.45) is 0 Å². The number of hydrogen-bond donors (Lipinski definition) is 1. The molecule has 1 aliphatic rings. The molecule has 0 aromatic heterocycles. The normalized spacial score (nSPS) is 18.8. The number of halogens is 1. The highest BCUT2D eigenvalue weighted by molar-refractivity contribution is 5.28. The van der Waals surface area contributed by atoms with Gasteiger partial charge in [0.05, 0.1) is 7.11 Å². The number of ether oxygens (including phenoxy) is 1. The monoisotopic (exact) mass is 358 g/mol. The number of aliphatic hydroxyl groups excluding tert-OH is 1. The van der Waals surface area contributed by atoms with Crippen LogP contribution in [0.3, 0.4) is 0 Å². The summed E-state index contributed by atoms with van der Waals surface area (Å²) in [4.78, 5) is 4.68. The Morgan fingerprint density at radius 1 is 1.12 bits per heavy atom. The standard InChI is InChI=1S/C21H27FN2O2/c1-26-20-7-4-5-17(13-20)14-24-11-10-23(16-19(24)9-12-25)15-18-6-2-3-8-21(18)22/h2-8,13,19,25H,9-12,14-16H2,1H3/t19-/m1/s1. The molecule has 0 aliphatic carbocycles.